The van der Waals surface area contributed by atoms with Gasteiger partial charge in [0, 0.05) is 29.2 Å². The van der Waals surface area contributed by atoms with Gasteiger partial charge < -0.3 is 10.2 Å². The van der Waals surface area contributed by atoms with Gasteiger partial charge in [0.15, 0.2) is 0 Å². The van der Waals surface area contributed by atoms with E-state index >= 15 is 0 Å². The van der Waals surface area contributed by atoms with Crippen LogP contribution < -0.4 is 5.32 Å². The molecule has 1 aromatic carbocycles. The molecule has 1 saturated heterocycles. The maximum absolute atomic E-state index is 13.7. The van der Waals surface area contributed by atoms with Gasteiger partial charge in [-0.1, -0.05) is 12.5 Å². The van der Waals surface area contributed by atoms with E-state index in [9.17, 15) is 9.18 Å². The summed E-state index contributed by atoms with van der Waals surface area (Å²) in [5.41, 5.74) is 0. The summed E-state index contributed by atoms with van der Waals surface area (Å²) in [5, 5.41) is 3.49. The molecule has 3 rings (SSSR count). The maximum atomic E-state index is 13.7. The third-order valence-corrected chi connectivity index (χ3v) is 5.68. The first kappa shape index (κ1) is 16.4. The van der Waals surface area contributed by atoms with Crippen molar-refractivity contribution in [1.82, 2.24) is 10.2 Å². The predicted octanol–water partition coefficient (Wildman–Crippen LogP) is 4.03. The molecule has 0 aliphatic carbocycles. The highest BCUT2D eigenvalue weighted by molar-refractivity contribution is 7.20. The largest absolute Gasteiger partial charge is 0.351 e. The maximum Gasteiger partial charge on any atom is 0.261 e. The molecule has 1 aliphatic heterocycles. The molecule has 1 aromatic heterocycles. The summed E-state index contributed by atoms with van der Waals surface area (Å²) in [4.78, 5) is 15.3. The predicted molar refractivity (Wildman–Crippen MR) is 93.6 cm³/mol. The second kappa shape index (κ2) is 7.41. The molecule has 1 N–H and O–H groups in total. The van der Waals surface area contributed by atoms with Crippen LogP contribution in [0.5, 0.6) is 0 Å². The van der Waals surface area contributed by atoms with Crippen molar-refractivity contribution in [3.63, 3.8) is 0 Å². The second-order valence-electron chi connectivity index (χ2n) is 6.25. The summed E-state index contributed by atoms with van der Waals surface area (Å²) in [6, 6.07) is 7.26. The minimum atomic E-state index is -0.267. The Bertz CT molecular complexity index is 685. The van der Waals surface area contributed by atoms with Gasteiger partial charge in [0.2, 0.25) is 0 Å². The zero-order valence-electron chi connectivity index (χ0n) is 13.5. The van der Waals surface area contributed by atoms with Crippen molar-refractivity contribution in [2.45, 2.75) is 38.6 Å². The molecule has 23 heavy (non-hydrogen) atoms. The third kappa shape index (κ3) is 3.90. The van der Waals surface area contributed by atoms with E-state index in [1.807, 2.05) is 6.07 Å². The molecule has 1 atom stereocenters. The molecule has 1 unspecified atom stereocenters. The summed E-state index contributed by atoms with van der Waals surface area (Å²) in [5.74, 6) is -0.367. The zero-order valence-corrected chi connectivity index (χ0v) is 14.3. The summed E-state index contributed by atoms with van der Waals surface area (Å²) < 4.78 is 14.5. The van der Waals surface area contributed by atoms with Gasteiger partial charge in [0.25, 0.3) is 5.91 Å². The van der Waals surface area contributed by atoms with Crippen LogP contribution in [0.15, 0.2) is 24.3 Å². The van der Waals surface area contributed by atoms with Gasteiger partial charge in [-0.05, 0) is 50.9 Å². The highest BCUT2D eigenvalue weighted by atomic mass is 32.1. The lowest BCUT2D eigenvalue weighted by molar-refractivity contribution is 0.0953. The fourth-order valence-corrected chi connectivity index (χ4v) is 4.19. The fraction of sp³-hybridized carbons (Fsp3) is 0.500. The lowest BCUT2D eigenvalue weighted by Crippen LogP contribution is -2.39. The van der Waals surface area contributed by atoms with Crippen molar-refractivity contribution in [1.29, 1.82) is 0 Å². The van der Waals surface area contributed by atoms with Crippen molar-refractivity contribution in [2.24, 2.45) is 0 Å². The molecule has 0 saturated carbocycles. The van der Waals surface area contributed by atoms with Crippen LogP contribution in [0, 0.1) is 5.82 Å². The van der Waals surface area contributed by atoms with E-state index in [-0.39, 0.29) is 11.7 Å². The van der Waals surface area contributed by atoms with Crippen LogP contribution in [0.3, 0.4) is 0 Å². The summed E-state index contributed by atoms with van der Waals surface area (Å²) in [7, 11) is 0. The van der Waals surface area contributed by atoms with E-state index in [1.54, 1.807) is 12.1 Å². The van der Waals surface area contributed by atoms with Gasteiger partial charge in [-0.2, -0.15) is 0 Å². The molecule has 3 nitrogen and oxygen atoms in total. The molecule has 1 amide bonds. The number of nitrogens with one attached hydrogen (secondary N) is 1. The number of hydrogen-bond acceptors (Lipinski definition) is 3. The summed E-state index contributed by atoms with van der Waals surface area (Å²) >= 11 is 1.34. The number of benzene rings is 1. The number of nitrogens with zero attached hydrogens (tertiary/aromatic N) is 1. The van der Waals surface area contributed by atoms with Crippen LogP contribution >= 0.6 is 11.3 Å². The van der Waals surface area contributed by atoms with Crippen LogP contribution in [-0.2, 0) is 0 Å². The first-order valence-corrected chi connectivity index (χ1v) is 9.17. The first-order chi connectivity index (χ1) is 11.1. The Balaban J connectivity index is 1.49. The van der Waals surface area contributed by atoms with Gasteiger partial charge in [0.05, 0.1) is 4.88 Å². The number of rotatable bonds is 5. The Morgan fingerprint density at radius 3 is 3.09 bits per heavy atom. The second-order valence-corrected chi connectivity index (χ2v) is 7.34. The Hall–Kier alpha value is -1.46. The topological polar surface area (TPSA) is 32.3 Å². The molecule has 1 fully saturated rings. The molecule has 2 heterocycles. The Kier molecular flexibility index (Phi) is 5.28. The smallest absolute Gasteiger partial charge is 0.261 e. The third-order valence-electron chi connectivity index (χ3n) is 4.58. The zero-order chi connectivity index (χ0) is 16.2. The SMILES string of the molecule is CC1CCCCN1CCCNC(=O)c1cc2c(F)cccc2s1. The Morgan fingerprint density at radius 1 is 1.43 bits per heavy atom. The number of carbonyl (C=O) groups is 1. The molecule has 124 valence electrons. The molecule has 5 heteroatoms. The van der Waals surface area contributed by atoms with Crippen LogP contribution in [0.4, 0.5) is 4.39 Å². The molecule has 0 bridgehead atoms. The lowest BCUT2D eigenvalue weighted by Gasteiger charge is -2.33. The van der Waals surface area contributed by atoms with Gasteiger partial charge >= 0.3 is 0 Å². The van der Waals surface area contributed by atoms with E-state index in [0.717, 1.165) is 17.7 Å². The monoisotopic (exact) mass is 334 g/mol. The Labute approximate surface area is 140 Å². The van der Waals surface area contributed by atoms with Crippen molar-refractivity contribution >= 4 is 27.3 Å². The van der Waals surface area contributed by atoms with Crippen molar-refractivity contribution in [2.75, 3.05) is 19.6 Å². The molecule has 0 spiro atoms. The Morgan fingerprint density at radius 2 is 2.30 bits per heavy atom. The summed E-state index contributed by atoms with van der Waals surface area (Å²) in [6.45, 7) is 5.15. The van der Waals surface area contributed by atoms with Gasteiger partial charge in [-0.15, -0.1) is 11.3 Å². The van der Waals surface area contributed by atoms with E-state index < -0.39 is 0 Å². The highest BCUT2D eigenvalue weighted by Gasteiger charge is 2.17. The van der Waals surface area contributed by atoms with Crippen LogP contribution in [0.1, 0.15) is 42.3 Å². The highest BCUT2D eigenvalue weighted by Crippen LogP contribution is 2.27. The molecular weight excluding hydrogens is 311 g/mol. The van der Waals surface area contributed by atoms with Gasteiger partial charge in [-0.25, -0.2) is 4.39 Å². The number of likely N-dealkylation sites (tertiary alicyclic amines) is 1. The van der Waals surface area contributed by atoms with E-state index in [2.05, 4.69) is 17.1 Å². The van der Waals surface area contributed by atoms with Crippen LogP contribution in [0.25, 0.3) is 10.1 Å². The minimum absolute atomic E-state index is 0.0997. The van der Waals surface area contributed by atoms with E-state index in [0.29, 0.717) is 22.8 Å². The fourth-order valence-electron chi connectivity index (χ4n) is 3.20. The molecule has 1 aliphatic rings. The van der Waals surface area contributed by atoms with Gasteiger partial charge in [0.1, 0.15) is 5.82 Å². The number of amides is 1. The quantitative estimate of drug-likeness (QED) is 0.837. The number of fused-ring (bicyclic) bond motifs is 1. The first-order valence-electron chi connectivity index (χ1n) is 8.35. The summed E-state index contributed by atoms with van der Waals surface area (Å²) in [6.07, 6.45) is 4.84. The lowest BCUT2D eigenvalue weighted by atomic mass is 10.0. The van der Waals surface area contributed by atoms with Gasteiger partial charge in [-0.3, -0.25) is 4.79 Å². The number of thiophene rings is 1. The van der Waals surface area contributed by atoms with E-state index in [4.69, 9.17) is 0 Å². The molecule has 2 aromatic rings. The average Bonchev–Trinajstić information content (AvgIpc) is 2.99. The number of halogens is 1. The van der Waals surface area contributed by atoms with Crippen molar-refractivity contribution < 1.29 is 9.18 Å². The van der Waals surface area contributed by atoms with Crippen molar-refractivity contribution in [3.05, 3.63) is 35.0 Å². The number of piperidine rings is 1. The normalized spacial score (nSPS) is 19.1. The van der Waals surface area contributed by atoms with Crippen LogP contribution in [0.2, 0.25) is 0 Å². The standard InChI is InChI=1S/C18H23FN2OS/c1-13-6-2-3-10-21(13)11-5-9-20-18(22)17-12-14-15(19)7-4-8-16(14)23-17/h4,7-8,12-13H,2-3,5-6,9-11H2,1H3,(H,20,22). The average molecular weight is 334 g/mol. The molecule has 0 radical (unpaired) electrons. The minimum Gasteiger partial charge on any atom is -0.351 e. The van der Waals surface area contributed by atoms with Crippen LogP contribution in [-0.4, -0.2) is 36.5 Å². The number of carbonyl (C=O) groups excluding carboxylic acids is 1. The van der Waals surface area contributed by atoms with Crippen molar-refractivity contribution in [3.8, 4) is 0 Å². The molecular formula is C18H23FN2OS. The van der Waals surface area contributed by atoms with E-state index in [1.165, 1.54) is 43.2 Å². The number of hydrogen-bond donors (Lipinski definition) is 1.